The van der Waals surface area contributed by atoms with Gasteiger partial charge in [-0.25, -0.2) is 9.37 Å². The molecule has 6 nitrogen and oxygen atoms in total. The standard InChI is InChI=1S/C28H28FN3O3S/c1-17-2-11-23(29)22(12-17)14-30-27(35)24-15-32-16-25(36-28(32)31-24)21-9-7-20(8-10-21)19-5-3-18(4-6-19)13-26(33)34/h2,7-12,15-16,18-19H,3-6,13-14H2,1H3,(H,30,35)(H,33,34)/t18-,19-. The van der Waals surface area contributed by atoms with Crippen molar-refractivity contribution in [3.63, 3.8) is 0 Å². The fraction of sp³-hybridized carbons (Fsp3) is 0.321. The summed E-state index contributed by atoms with van der Waals surface area (Å²) in [6.07, 6.45) is 7.95. The largest absolute Gasteiger partial charge is 0.481 e. The van der Waals surface area contributed by atoms with Crippen LogP contribution in [0.2, 0.25) is 0 Å². The van der Waals surface area contributed by atoms with Crippen molar-refractivity contribution in [1.82, 2.24) is 14.7 Å². The summed E-state index contributed by atoms with van der Waals surface area (Å²) in [6, 6.07) is 13.4. The summed E-state index contributed by atoms with van der Waals surface area (Å²) in [5.41, 5.74) is 4.08. The first-order valence-electron chi connectivity index (χ1n) is 12.2. The minimum atomic E-state index is -0.699. The van der Waals surface area contributed by atoms with Crippen LogP contribution in [-0.2, 0) is 11.3 Å². The number of aromatic nitrogens is 2. The number of hydrogen-bond donors (Lipinski definition) is 2. The molecule has 0 unspecified atom stereocenters. The topological polar surface area (TPSA) is 83.7 Å². The molecule has 5 rings (SSSR count). The highest BCUT2D eigenvalue weighted by atomic mass is 32.1. The highest BCUT2D eigenvalue weighted by molar-refractivity contribution is 7.20. The molecule has 1 fully saturated rings. The molecule has 8 heteroatoms. The smallest absolute Gasteiger partial charge is 0.303 e. The summed E-state index contributed by atoms with van der Waals surface area (Å²) in [4.78, 5) is 29.8. The Morgan fingerprint density at radius 2 is 1.86 bits per heavy atom. The highest BCUT2D eigenvalue weighted by Gasteiger charge is 2.24. The van der Waals surface area contributed by atoms with Gasteiger partial charge >= 0.3 is 5.97 Å². The second-order valence-electron chi connectivity index (χ2n) is 9.63. The number of aliphatic carboxylic acids is 1. The van der Waals surface area contributed by atoms with Crippen LogP contribution in [0, 0.1) is 18.7 Å². The zero-order valence-electron chi connectivity index (χ0n) is 20.0. The molecule has 1 aliphatic rings. The number of hydrogen-bond acceptors (Lipinski definition) is 4. The minimum absolute atomic E-state index is 0.107. The zero-order chi connectivity index (χ0) is 25.2. The van der Waals surface area contributed by atoms with Crippen LogP contribution in [0.5, 0.6) is 0 Å². The van der Waals surface area contributed by atoms with E-state index in [0.29, 0.717) is 23.1 Å². The van der Waals surface area contributed by atoms with Gasteiger partial charge in [0, 0.05) is 30.9 Å². The number of imidazole rings is 1. The third kappa shape index (κ3) is 5.33. The number of thiazole rings is 1. The second-order valence-corrected chi connectivity index (χ2v) is 10.6. The zero-order valence-corrected chi connectivity index (χ0v) is 20.9. The molecule has 2 heterocycles. The summed E-state index contributed by atoms with van der Waals surface area (Å²) in [5, 5.41) is 11.8. The van der Waals surface area contributed by atoms with Gasteiger partial charge in [-0.2, -0.15) is 0 Å². The van der Waals surface area contributed by atoms with Crippen LogP contribution in [-0.4, -0.2) is 26.4 Å². The van der Waals surface area contributed by atoms with Gasteiger partial charge in [0.25, 0.3) is 5.91 Å². The number of amides is 1. The molecule has 186 valence electrons. The fourth-order valence-electron chi connectivity index (χ4n) is 5.01. The van der Waals surface area contributed by atoms with E-state index in [0.717, 1.165) is 46.6 Å². The molecule has 1 amide bonds. The van der Waals surface area contributed by atoms with Crippen molar-refractivity contribution in [2.45, 2.75) is 51.5 Å². The van der Waals surface area contributed by atoms with Crippen LogP contribution in [0.4, 0.5) is 4.39 Å². The van der Waals surface area contributed by atoms with Gasteiger partial charge in [0.15, 0.2) is 4.96 Å². The Kier molecular flexibility index (Phi) is 6.87. The van der Waals surface area contributed by atoms with Gasteiger partial charge in [0.1, 0.15) is 11.5 Å². The third-order valence-corrected chi connectivity index (χ3v) is 8.05. The maximum absolute atomic E-state index is 13.9. The monoisotopic (exact) mass is 505 g/mol. The quantitative estimate of drug-likeness (QED) is 0.314. The number of carbonyl (C=O) groups excluding carboxylic acids is 1. The van der Waals surface area contributed by atoms with Gasteiger partial charge in [-0.05, 0) is 61.6 Å². The lowest BCUT2D eigenvalue weighted by molar-refractivity contribution is -0.138. The Morgan fingerprint density at radius 1 is 1.11 bits per heavy atom. The average Bonchev–Trinajstić information content (AvgIpc) is 3.44. The van der Waals surface area contributed by atoms with Crippen LogP contribution in [0.3, 0.4) is 0 Å². The lowest BCUT2D eigenvalue weighted by Gasteiger charge is -2.28. The molecule has 2 aromatic heterocycles. The molecular weight excluding hydrogens is 477 g/mol. The van der Waals surface area contributed by atoms with E-state index >= 15 is 0 Å². The Balaban J connectivity index is 1.21. The maximum Gasteiger partial charge on any atom is 0.303 e. The molecule has 0 aliphatic heterocycles. The van der Waals surface area contributed by atoms with E-state index in [4.69, 9.17) is 5.11 Å². The van der Waals surface area contributed by atoms with E-state index in [2.05, 4.69) is 34.6 Å². The Hall–Kier alpha value is -3.52. The Bertz CT molecular complexity index is 1370. The number of nitrogens with one attached hydrogen (secondary N) is 1. The van der Waals surface area contributed by atoms with E-state index in [1.54, 1.807) is 18.3 Å². The first kappa shape index (κ1) is 24.2. The molecule has 2 aromatic carbocycles. The van der Waals surface area contributed by atoms with Gasteiger partial charge in [-0.15, -0.1) is 0 Å². The van der Waals surface area contributed by atoms with Gasteiger partial charge in [0.2, 0.25) is 0 Å². The van der Waals surface area contributed by atoms with Gasteiger partial charge < -0.3 is 10.4 Å². The molecule has 0 bridgehead atoms. The number of rotatable bonds is 7. The number of fused-ring (bicyclic) bond motifs is 1. The summed E-state index contributed by atoms with van der Waals surface area (Å²) in [5.74, 6) is -0.588. The van der Waals surface area contributed by atoms with E-state index in [-0.39, 0.29) is 24.7 Å². The number of aryl methyl sites for hydroxylation is 1. The summed E-state index contributed by atoms with van der Waals surface area (Å²) in [7, 11) is 0. The van der Waals surface area contributed by atoms with E-state index in [1.165, 1.54) is 23.0 Å². The first-order chi connectivity index (χ1) is 17.4. The van der Waals surface area contributed by atoms with Crippen LogP contribution >= 0.6 is 11.3 Å². The number of halogens is 1. The summed E-state index contributed by atoms with van der Waals surface area (Å²) >= 11 is 1.51. The molecule has 0 radical (unpaired) electrons. The van der Waals surface area contributed by atoms with E-state index in [9.17, 15) is 14.0 Å². The molecular formula is C28H28FN3O3S. The van der Waals surface area contributed by atoms with Crippen molar-refractivity contribution >= 4 is 28.2 Å². The summed E-state index contributed by atoms with van der Waals surface area (Å²) < 4.78 is 15.8. The second kappa shape index (κ2) is 10.2. The van der Waals surface area contributed by atoms with Crippen molar-refractivity contribution in [2.24, 2.45) is 5.92 Å². The SMILES string of the molecule is Cc1ccc(F)c(CNC(=O)c2cn3cc(-c4ccc([C@H]5CC[C@H](CC(=O)O)CC5)cc4)sc3n2)c1. The van der Waals surface area contributed by atoms with Crippen LogP contribution in [0.1, 0.15) is 65.2 Å². The Morgan fingerprint density at radius 3 is 2.56 bits per heavy atom. The van der Waals surface area contributed by atoms with Crippen molar-refractivity contribution in [2.75, 3.05) is 0 Å². The van der Waals surface area contributed by atoms with E-state index < -0.39 is 5.97 Å². The van der Waals surface area contributed by atoms with Crippen molar-refractivity contribution in [3.05, 3.63) is 83.1 Å². The summed E-state index contributed by atoms with van der Waals surface area (Å²) in [6.45, 7) is 1.99. The fourth-order valence-corrected chi connectivity index (χ4v) is 5.98. The average molecular weight is 506 g/mol. The predicted molar refractivity (Wildman–Crippen MR) is 138 cm³/mol. The minimum Gasteiger partial charge on any atom is -0.481 e. The molecule has 2 N–H and O–H groups in total. The van der Waals surface area contributed by atoms with Crippen molar-refractivity contribution in [3.8, 4) is 10.4 Å². The van der Waals surface area contributed by atoms with Crippen LogP contribution in [0.15, 0.2) is 54.9 Å². The van der Waals surface area contributed by atoms with Crippen molar-refractivity contribution < 1.29 is 19.1 Å². The highest BCUT2D eigenvalue weighted by Crippen LogP contribution is 2.38. The normalized spacial score (nSPS) is 17.8. The molecule has 0 atom stereocenters. The molecule has 0 saturated heterocycles. The number of carbonyl (C=O) groups is 2. The molecule has 36 heavy (non-hydrogen) atoms. The Labute approximate surface area is 212 Å². The molecule has 0 spiro atoms. The van der Waals surface area contributed by atoms with Gasteiger partial charge in [-0.3, -0.25) is 14.0 Å². The lowest BCUT2D eigenvalue weighted by Crippen LogP contribution is -2.23. The number of carboxylic acid groups (broad SMARTS) is 1. The van der Waals surface area contributed by atoms with Crippen LogP contribution < -0.4 is 5.32 Å². The molecule has 4 aromatic rings. The lowest BCUT2D eigenvalue weighted by atomic mass is 9.77. The molecule has 1 aliphatic carbocycles. The van der Waals surface area contributed by atoms with Crippen LogP contribution in [0.25, 0.3) is 15.4 Å². The number of carboxylic acids is 1. The van der Waals surface area contributed by atoms with Gasteiger partial charge in [0.05, 0.1) is 4.88 Å². The van der Waals surface area contributed by atoms with Crippen molar-refractivity contribution in [1.29, 1.82) is 0 Å². The predicted octanol–water partition coefficient (Wildman–Crippen LogP) is 6.19. The number of nitrogens with zero attached hydrogens (tertiary/aromatic N) is 2. The number of benzene rings is 2. The first-order valence-corrected chi connectivity index (χ1v) is 13.0. The third-order valence-electron chi connectivity index (χ3n) is 7.01. The maximum atomic E-state index is 13.9. The molecule has 1 saturated carbocycles. The van der Waals surface area contributed by atoms with E-state index in [1.807, 2.05) is 17.5 Å². The van der Waals surface area contributed by atoms with Gasteiger partial charge in [-0.1, -0.05) is 53.3 Å².